The Hall–Kier alpha value is -2.80. The van der Waals surface area contributed by atoms with Crippen molar-refractivity contribution in [1.29, 1.82) is 0 Å². The molecule has 1 aromatic carbocycles. The number of carbonyl (C=O) groups excluding carboxylic acids is 2. The van der Waals surface area contributed by atoms with E-state index in [1.54, 1.807) is 42.1 Å². The first kappa shape index (κ1) is 17.0. The van der Waals surface area contributed by atoms with Crippen LogP contribution < -0.4 is 10.2 Å². The zero-order valence-electron chi connectivity index (χ0n) is 14.3. The third-order valence-corrected chi connectivity index (χ3v) is 4.21. The standard InChI is InChI=1S/C18H21N3O4/c1-20-7-3-4-16(20)17(22)19-15-6-5-13(12-14(15)18(23)24-2)21-8-10-25-11-9-21/h3-7,12H,8-11H2,1-2H3,(H,19,22). The van der Waals surface area contributed by atoms with E-state index in [0.717, 1.165) is 18.8 Å². The maximum absolute atomic E-state index is 12.4. The second kappa shape index (κ2) is 7.40. The summed E-state index contributed by atoms with van der Waals surface area (Å²) < 4.78 is 12.0. The lowest BCUT2D eigenvalue weighted by atomic mass is 10.1. The summed E-state index contributed by atoms with van der Waals surface area (Å²) in [6, 6.07) is 8.88. The number of methoxy groups -OCH3 is 1. The van der Waals surface area contributed by atoms with Gasteiger partial charge in [0.15, 0.2) is 0 Å². The molecule has 2 heterocycles. The van der Waals surface area contributed by atoms with Crippen LogP contribution in [0, 0.1) is 0 Å². The van der Waals surface area contributed by atoms with Crippen molar-refractivity contribution < 1.29 is 19.1 Å². The second-order valence-electron chi connectivity index (χ2n) is 5.78. The van der Waals surface area contributed by atoms with Gasteiger partial charge in [0, 0.05) is 32.0 Å². The summed E-state index contributed by atoms with van der Waals surface area (Å²) in [7, 11) is 3.12. The predicted octanol–water partition coefficient (Wildman–Crippen LogP) is 1.90. The van der Waals surface area contributed by atoms with Gasteiger partial charge in [-0.15, -0.1) is 0 Å². The van der Waals surface area contributed by atoms with E-state index in [9.17, 15) is 9.59 Å². The molecular weight excluding hydrogens is 322 g/mol. The first-order valence-corrected chi connectivity index (χ1v) is 8.08. The van der Waals surface area contributed by atoms with Crippen molar-refractivity contribution >= 4 is 23.3 Å². The molecule has 0 radical (unpaired) electrons. The number of aromatic nitrogens is 1. The van der Waals surface area contributed by atoms with E-state index >= 15 is 0 Å². The monoisotopic (exact) mass is 343 g/mol. The lowest BCUT2D eigenvalue weighted by Crippen LogP contribution is -2.36. The molecule has 0 bridgehead atoms. The van der Waals surface area contributed by atoms with Crippen molar-refractivity contribution in [1.82, 2.24) is 4.57 Å². The van der Waals surface area contributed by atoms with Crippen molar-refractivity contribution in [2.45, 2.75) is 0 Å². The fourth-order valence-corrected chi connectivity index (χ4v) is 2.82. The van der Waals surface area contributed by atoms with Crippen LogP contribution in [0.1, 0.15) is 20.8 Å². The van der Waals surface area contributed by atoms with Gasteiger partial charge in [0.05, 0.1) is 31.6 Å². The summed E-state index contributed by atoms with van der Waals surface area (Å²) in [5.74, 6) is -0.769. The molecule has 1 saturated heterocycles. The number of rotatable bonds is 4. The molecule has 25 heavy (non-hydrogen) atoms. The number of aryl methyl sites for hydroxylation is 1. The molecule has 7 heteroatoms. The van der Waals surface area contributed by atoms with Crippen molar-refractivity contribution in [3.63, 3.8) is 0 Å². The molecule has 0 unspecified atom stereocenters. The summed E-state index contributed by atoms with van der Waals surface area (Å²) in [4.78, 5) is 26.8. The van der Waals surface area contributed by atoms with Crippen LogP contribution in [0.15, 0.2) is 36.5 Å². The molecular formula is C18H21N3O4. The zero-order valence-corrected chi connectivity index (χ0v) is 14.3. The average molecular weight is 343 g/mol. The molecule has 0 spiro atoms. The Morgan fingerprint density at radius 2 is 1.96 bits per heavy atom. The van der Waals surface area contributed by atoms with E-state index in [2.05, 4.69) is 10.2 Å². The molecule has 1 aliphatic rings. The molecule has 1 fully saturated rings. The Bertz CT molecular complexity index is 778. The van der Waals surface area contributed by atoms with Crippen LogP contribution in [-0.2, 0) is 16.5 Å². The lowest BCUT2D eigenvalue weighted by Gasteiger charge is -2.29. The van der Waals surface area contributed by atoms with Gasteiger partial charge in [0.2, 0.25) is 0 Å². The predicted molar refractivity (Wildman–Crippen MR) is 94.2 cm³/mol. The van der Waals surface area contributed by atoms with Crippen molar-refractivity contribution in [2.24, 2.45) is 7.05 Å². The number of ether oxygens (including phenoxy) is 2. The summed E-state index contributed by atoms with van der Waals surface area (Å²) in [6.45, 7) is 2.82. The maximum Gasteiger partial charge on any atom is 0.340 e. The maximum atomic E-state index is 12.4. The quantitative estimate of drug-likeness (QED) is 0.859. The largest absolute Gasteiger partial charge is 0.465 e. The summed E-state index contributed by atoms with van der Waals surface area (Å²) in [5, 5.41) is 2.80. The third kappa shape index (κ3) is 3.66. The smallest absolute Gasteiger partial charge is 0.340 e. The Morgan fingerprint density at radius 3 is 2.60 bits per heavy atom. The molecule has 0 saturated carbocycles. The van der Waals surface area contributed by atoms with Crippen molar-refractivity contribution in [2.75, 3.05) is 43.6 Å². The van der Waals surface area contributed by atoms with Crippen LogP contribution in [0.25, 0.3) is 0 Å². The molecule has 1 N–H and O–H groups in total. The van der Waals surface area contributed by atoms with Gasteiger partial charge in [0.25, 0.3) is 5.91 Å². The minimum atomic E-state index is -0.489. The van der Waals surface area contributed by atoms with Gasteiger partial charge in [-0.05, 0) is 30.3 Å². The number of morpholine rings is 1. The Morgan fingerprint density at radius 1 is 1.20 bits per heavy atom. The normalized spacial score (nSPS) is 14.2. The fraction of sp³-hybridized carbons (Fsp3) is 0.333. The number of anilines is 2. The molecule has 132 valence electrons. The molecule has 7 nitrogen and oxygen atoms in total. The van der Waals surface area contributed by atoms with Crippen LogP contribution in [-0.4, -0.2) is 49.9 Å². The van der Waals surface area contributed by atoms with E-state index in [1.165, 1.54) is 7.11 Å². The highest BCUT2D eigenvalue weighted by Crippen LogP contribution is 2.25. The van der Waals surface area contributed by atoms with E-state index < -0.39 is 5.97 Å². The van der Waals surface area contributed by atoms with E-state index in [-0.39, 0.29) is 5.91 Å². The van der Waals surface area contributed by atoms with Crippen LogP contribution in [0.2, 0.25) is 0 Å². The molecule has 1 amide bonds. The number of hydrogen-bond donors (Lipinski definition) is 1. The summed E-state index contributed by atoms with van der Waals surface area (Å²) >= 11 is 0. The number of hydrogen-bond acceptors (Lipinski definition) is 5. The van der Waals surface area contributed by atoms with Crippen LogP contribution in [0.4, 0.5) is 11.4 Å². The molecule has 3 rings (SSSR count). The number of carbonyl (C=O) groups is 2. The SMILES string of the molecule is COC(=O)c1cc(N2CCOCC2)ccc1NC(=O)c1cccn1C. The van der Waals surface area contributed by atoms with Gasteiger partial charge in [-0.2, -0.15) is 0 Å². The molecule has 0 atom stereocenters. The van der Waals surface area contributed by atoms with Gasteiger partial charge >= 0.3 is 5.97 Å². The first-order chi connectivity index (χ1) is 12.1. The third-order valence-electron chi connectivity index (χ3n) is 4.21. The number of benzene rings is 1. The minimum absolute atomic E-state index is 0.281. The minimum Gasteiger partial charge on any atom is -0.465 e. The van der Waals surface area contributed by atoms with Gasteiger partial charge in [-0.25, -0.2) is 4.79 Å². The highest BCUT2D eigenvalue weighted by Gasteiger charge is 2.19. The van der Waals surface area contributed by atoms with Gasteiger partial charge in [-0.3, -0.25) is 4.79 Å². The highest BCUT2D eigenvalue weighted by molar-refractivity contribution is 6.07. The number of nitrogens with one attached hydrogen (secondary N) is 1. The van der Waals surface area contributed by atoms with E-state index in [4.69, 9.17) is 9.47 Å². The summed E-state index contributed by atoms with van der Waals surface area (Å²) in [5.41, 5.74) is 2.16. The van der Waals surface area contributed by atoms with Crippen molar-refractivity contribution in [3.8, 4) is 0 Å². The fourth-order valence-electron chi connectivity index (χ4n) is 2.82. The number of esters is 1. The molecule has 0 aliphatic carbocycles. The molecule has 1 aromatic heterocycles. The number of nitrogens with zero attached hydrogens (tertiary/aromatic N) is 2. The van der Waals surface area contributed by atoms with E-state index in [1.807, 2.05) is 6.07 Å². The van der Waals surface area contributed by atoms with Gasteiger partial charge in [-0.1, -0.05) is 0 Å². The first-order valence-electron chi connectivity index (χ1n) is 8.08. The molecule has 2 aromatic rings. The topological polar surface area (TPSA) is 72.8 Å². The lowest BCUT2D eigenvalue weighted by molar-refractivity contribution is 0.0602. The van der Waals surface area contributed by atoms with Gasteiger partial charge in [0.1, 0.15) is 5.69 Å². The van der Waals surface area contributed by atoms with E-state index in [0.29, 0.717) is 30.2 Å². The number of amides is 1. The van der Waals surface area contributed by atoms with Crippen LogP contribution in [0.3, 0.4) is 0 Å². The molecule has 1 aliphatic heterocycles. The van der Waals surface area contributed by atoms with Crippen molar-refractivity contribution in [3.05, 3.63) is 47.8 Å². The Kier molecular flexibility index (Phi) is 5.04. The zero-order chi connectivity index (χ0) is 17.8. The average Bonchev–Trinajstić information content (AvgIpc) is 3.08. The van der Waals surface area contributed by atoms with Gasteiger partial charge < -0.3 is 24.3 Å². The second-order valence-corrected chi connectivity index (χ2v) is 5.78. The summed E-state index contributed by atoms with van der Waals surface area (Å²) in [6.07, 6.45) is 1.79. The Labute approximate surface area is 146 Å². The Balaban J connectivity index is 1.88. The highest BCUT2D eigenvalue weighted by atomic mass is 16.5. The van der Waals surface area contributed by atoms with Crippen LogP contribution >= 0.6 is 0 Å². The van der Waals surface area contributed by atoms with Crippen LogP contribution in [0.5, 0.6) is 0 Å².